The average Bonchev–Trinajstić information content (AvgIpc) is 3.11. The molecular weight excluding hydrogens is 328 g/mol. The molecule has 6 nitrogen and oxygen atoms in total. The number of benzene rings is 1. The molecule has 0 unspecified atom stereocenters. The van der Waals surface area contributed by atoms with Gasteiger partial charge in [0.05, 0.1) is 0 Å². The fourth-order valence-electron chi connectivity index (χ4n) is 4.08. The Morgan fingerprint density at radius 3 is 2.38 bits per heavy atom. The fourth-order valence-corrected chi connectivity index (χ4v) is 4.08. The van der Waals surface area contributed by atoms with Crippen LogP contribution in [-0.2, 0) is 11.3 Å². The molecule has 0 aromatic heterocycles. The standard InChI is InChI=1S/C20H30N4O2/c1-16-6-2-3-7-17(16)14-23-10-12-24(13-11-23)15-19(25)22-20(26)21-18-8-4-5-9-18/h2-3,6-7,18H,4-5,8-15H2,1H3,(H2,21,22,25,26)/p+2. The molecule has 4 N–H and O–H groups in total. The highest BCUT2D eigenvalue weighted by molar-refractivity contribution is 5.94. The molecule has 26 heavy (non-hydrogen) atoms. The van der Waals surface area contributed by atoms with Gasteiger partial charge in [0.25, 0.3) is 5.91 Å². The molecule has 2 aliphatic rings. The van der Waals surface area contributed by atoms with Gasteiger partial charge in [0.15, 0.2) is 6.54 Å². The minimum absolute atomic E-state index is 0.169. The summed E-state index contributed by atoms with van der Waals surface area (Å²) in [6.07, 6.45) is 4.38. The molecule has 142 valence electrons. The number of hydrogen-bond donors (Lipinski definition) is 4. The fraction of sp³-hybridized carbons (Fsp3) is 0.600. The van der Waals surface area contributed by atoms with E-state index in [1.807, 2.05) is 0 Å². The maximum Gasteiger partial charge on any atom is 0.321 e. The maximum atomic E-state index is 12.1. The van der Waals surface area contributed by atoms with E-state index in [0.717, 1.165) is 58.4 Å². The lowest BCUT2D eigenvalue weighted by molar-refractivity contribution is -1.02. The van der Waals surface area contributed by atoms with Crippen molar-refractivity contribution in [3.8, 4) is 0 Å². The number of quaternary nitrogens is 2. The zero-order valence-corrected chi connectivity index (χ0v) is 15.8. The van der Waals surface area contributed by atoms with E-state index < -0.39 is 0 Å². The van der Waals surface area contributed by atoms with Crippen LogP contribution in [0.4, 0.5) is 4.79 Å². The first-order valence-corrected chi connectivity index (χ1v) is 9.92. The lowest BCUT2D eigenvalue weighted by Crippen LogP contribution is -3.28. The van der Waals surface area contributed by atoms with Crippen LogP contribution < -0.4 is 20.4 Å². The summed E-state index contributed by atoms with van der Waals surface area (Å²) in [5.74, 6) is -0.169. The van der Waals surface area contributed by atoms with Gasteiger partial charge < -0.3 is 15.1 Å². The summed E-state index contributed by atoms with van der Waals surface area (Å²) in [5, 5.41) is 5.40. The SMILES string of the molecule is Cc1ccccc1C[NH+]1CC[NH+](CC(=O)NC(=O)NC2CCCC2)CC1. The van der Waals surface area contributed by atoms with Crippen molar-refractivity contribution in [1.29, 1.82) is 0 Å². The van der Waals surface area contributed by atoms with Gasteiger partial charge in [0, 0.05) is 11.6 Å². The van der Waals surface area contributed by atoms with Gasteiger partial charge in [0.2, 0.25) is 0 Å². The van der Waals surface area contributed by atoms with Crippen molar-refractivity contribution in [2.45, 2.75) is 45.2 Å². The van der Waals surface area contributed by atoms with E-state index in [1.54, 1.807) is 4.90 Å². The van der Waals surface area contributed by atoms with Gasteiger partial charge in [0.1, 0.15) is 32.7 Å². The Bertz CT molecular complexity index is 620. The van der Waals surface area contributed by atoms with Gasteiger partial charge in [-0.25, -0.2) is 4.79 Å². The van der Waals surface area contributed by atoms with Crippen molar-refractivity contribution in [1.82, 2.24) is 10.6 Å². The molecule has 0 bridgehead atoms. The van der Waals surface area contributed by atoms with Crippen LogP contribution in [0.1, 0.15) is 36.8 Å². The highest BCUT2D eigenvalue weighted by Crippen LogP contribution is 2.17. The van der Waals surface area contributed by atoms with Crippen molar-refractivity contribution in [3.63, 3.8) is 0 Å². The second kappa shape index (κ2) is 9.14. The number of carbonyl (C=O) groups excluding carboxylic acids is 2. The van der Waals surface area contributed by atoms with Gasteiger partial charge >= 0.3 is 6.03 Å². The first-order chi connectivity index (χ1) is 12.6. The number of imide groups is 1. The second-order valence-corrected chi connectivity index (χ2v) is 7.78. The molecule has 3 amide bonds. The smallest absolute Gasteiger partial charge is 0.321 e. The number of carbonyl (C=O) groups is 2. The number of nitrogens with one attached hydrogen (secondary N) is 4. The topological polar surface area (TPSA) is 67.1 Å². The molecule has 1 aliphatic heterocycles. The monoisotopic (exact) mass is 360 g/mol. The summed E-state index contributed by atoms with van der Waals surface area (Å²) >= 11 is 0. The van der Waals surface area contributed by atoms with Crippen LogP contribution in [0.2, 0.25) is 0 Å². The number of piperazine rings is 1. The third-order valence-electron chi connectivity index (χ3n) is 5.72. The molecule has 1 heterocycles. The van der Waals surface area contributed by atoms with Gasteiger partial charge in [-0.2, -0.15) is 0 Å². The molecule has 0 spiro atoms. The van der Waals surface area contributed by atoms with Crippen LogP contribution in [0.15, 0.2) is 24.3 Å². The minimum Gasteiger partial charge on any atom is -0.335 e. The van der Waals surface area contributed by atoms with Gasteiger partial charge in [-0.3, -0.25) is 10.1 Å². The number of hydrogen-bond acceptors (Lipinski definition) is 2. The molecular formula is C20H32N4O2+2. The Morgan fingerprint density at radius 2 is 1.69 bits per heavy atom. The normalized spacial score (nSPS) is 23.6. The van der Waals surface area contributed by atoms with E-state index >= 15 is 0 Å². The zero-order chi connectivity index (χ0) is 18.4. The Morgan fingerprint density at radius 1 is 1.04 bits per heavy atom. The summed E-state index contributed by atoms with van der Waals surface area (Å²) in [5.41, 5.74) is 2.76. The predicted molar refractivity (Wildman–Crippen MR) is 100 cm³/mol. The molecule has 1 saturated carbocycles. The maximum absolute atomic E-state index is 12.1. The first kappa shape index (κ1) is 18.9. The van der Waals surface area contributed by atoms with E-state index in [0.29, 0.717) is 6.54 Å². The van der Waals surface area contributed by atoms with Crippen LogP contribution in [0.5, 0.6) is 0 Å². The van der Waals surface area contributed by atoms with Gasteiger partial charge in [-0.05, 0) is 25.3 Å². The van der Waals surface area contributed by atoms with Crippen molar-refractivity contribution >= 4 is 11.9 Å². The molecule has 1 aromatic rings. The van der Waals surface area contributed by atoms with Crippen molar-refractivity contribution in [2.24, 2.45) is 0 Å². The molecule has 3 rings (SSSR count). The van der Waals surface area contributed by atoms with Gasteiger partial charge in [-0.1, -0.05) is 37.1 Å². The van der Waals surface area contributed by atoms with Crippen molar-refractivity contribution in [3.05, 3.63) is 35.4 Å². The first-order valence-electron chi connectivity index (χ1n) is 9.92. The summed E-state index contributed by atoms with van der Waals surface area (Å²) in [6.45, 7) is 7.66. The summed E-state index contributed by atoms with van der Waals surface area (Å²) in [4.78, 5) is 26.8. The third kappa shape index (κ3) is 5.54. The van der Waals surface area contributed by atoms with Gasteiger partial charge in [-0.15, -0.1) is 0 Å². The molecule has 1 aromatic carbocycles. The molecule has 1 aliphatic carbocycles. The largest absolute Gasteiger partial charge is 0.335 e. The van der Waals surface area contributed by atoms with Crippen LogP contribution >= 0.6 is 0 Å². The third-order valence-corrected chi connectivity index (χ3v) is 5.72. The Kier molecular flexibility index (Phi) is 6.63. The number of urea groups is 1. The average molecular weight is 361 g/mol. The van der Waals surface area contributed by atoms with Crippen LogP contribution in [-0.4, -0.2) is 50.7 Å². The number of aryl methyl sites for hydroxylation is 1. The molecule has 2 fully saturated rings. The second-order valence-electron chi connectivity index (χ2n) is 7.78. The molecule has 0 radical (unpaired) electrons. The molecule has 0 atom stereocenters. The number of rotatable bonds is 5. The van der Waals surface area contributed by atoms with Crippen LogP contribution in [0, 0.1) is 6.92 Å². The molecule has 1 saturated heterocycles. The Labute approximate surface area is 155 Å². The van der Waals surface area contributed by atoms with Crippen molar-refractivity contribution in [2.75, 3.05) is 32.7 Å². The quantitative estimate of drug-likeness (QED) is 0.547. The summed E-state index contributed by atoms with van der Waals surface area (Å²) in [6, 6.07) is 8.46. The Hall–Kier alpha value is -1.92. The predicted octanol–water partition coefficient (Wildman–Crippen LogP) is -0.953. The summed E-state index contributed by atoms with van der Waals surface area (Å²) < 4.78 is 0. The highest BCUT2D eigenvalue weighted by atomic mass is 16.2. The van der Waals surface area contributed by atoms with Crippen LogP contribution in [0.25, 0.3) is 0 Å². The van der Waals surface area contributed by atoms with Crippen LogP contribution in [0.3, 0.4) is 0 Å². The lowest BCUT2D eigenvalue weighted by Gasteiger charge is -2.29. The number of amides is 3. The zero-order valence-electron chi connectivity index (χ0n) is 15.8. The van der Waals surface area contributed by atoms with E-state index in [-0.39, 0.29) is 18.0 Å². The Balaban J connectivity index is 1.36. The lowest BCUT2D eigenvalue weighted by atomic mass is 10.1. The molecule has 6 heteroatoms. The summed E-state index contributed by atoms with van der Waals surface area (Å²) in [7, 11) is 0. The van der Waals surface area contributed by atoms with E-state index in [9.17, 15) is 9.59 Å². The van der Waals surface area contributed by atoms with E-state index in [2.05, 4.69) is 41.8 Å². The van der Waals surface area contributed by atoms with Crippen molar-refractivity contribution < 1.29 is 19.4 Å². The van der Waals surface area contributed by atoms with E-state index in [1.165, 1.54) is 16.0 Å². The van der Waals surface area contributed by atoms with E-state index in [4.69, 9.17) is 0 Å². The highest BCUT2D eigenvalue weighted by Gasteiger charge is 2.26. The minimum atomic E-state index is -0.329.